The van der Waals surface area contributed by atoms with Crippen molar-refractivity contribution in [2.75, 3.05) is 20.3 Å². The molecule has 1 saturated heterocycles. The van der Waals surface area contributed by atoms with E-state index in [0.717, 1.165) is 0 Å². The number of hydrogen-bond donors (Lipinski definition) is 0. The molecular formula is C27H36N2O5. The highest BCUT2D eigenvalue weighted by Crippen LogP contribution is 2.35. The van der Waals surface area contributed by atoms with Gasteiger partial charge in [0, 0.05) is 26.1 Å². The molecule has 1 heterocycles. The number of hydrogen-bond acceptors (Lipinski definition) is 6. The minimum Gasteiger partial charge on any atom is -0.466 e. The van der Waals surface area contributed by atoms with E-state index in [1.54, 1.807) is 4.90 Å². The number of benzene rings is 2. The first-order valence-corrected chi connectivity index (χ1v) is 11.7. The lowest BCUT2D eigenvalue weighted by atomic mass is 10.0. The molecule has 3 rings (SSSR count). The lowest BCUT2D eigenvalue weighted by molar-refractivity contribution is -0.153. The monoisotopic (exact) mass is 468 g/mol. The van der Waals surface area contributed by atoms with Gasteiger partial charge in [0.15, 0.2) is 0 Å². The Morgan fingerprint density at radius 3 is 1.94 bits per heavy atom. The quantitative estimate of drug-likeness (QED) is 0.501. The highest BCUT2D eigenvalue weighted by atomic mass is 16.6. The van der Waals surface area contributed by atoms with E-state index < -0.39 is 29.4 Å². The number of rotatable bonds is 9. The fraction of sp³-hybridized carbons (Fsp3) is 0.481. The zero-order chi connectivity index (χ0) is 24.8. The number of esters is 1. The number of carbonyl (C=O) groups is 2. The van der Waals surface area contributed by atoms with Gasteiger partial charge in [0.25, 0.3) is 0 Å². The summed E-state index contributed by atoms with van der Waals surface area (Å²) in [7, 11) is 1.31. The van der Waals surface area contributed by atoms with Gasteiger partial charge in [-0.1, -0.05) is 60.7 Å². The van der Waals surface area contributed by atoms with E-state index in [9.17, 15) is 9.59 Å². The Labute approximate surface area is 202 Å². The standard InChI is InChI=1S/C27H36N2O5/c1-26(2)20-33-27(3,4)29(26)25(31)34-23(24(30)32-5)16-17-28(18-21-12-8-6-9-13-21)19-22-14-10-7-11-15-22/h6-15,23H,16-20H2,1-5H3/t23-/m1/s1. The van der Waals surface area contributed by atoms with E-state index >= 15 is 0 Å². The largest absolute Gasteiger partial charge is 0.466 e. The summed E-state index contributed by atoms with van der Waals surface area (Å²) in [5, 5.41) is 0. The molecule has 0 aromatic heterocycles. The lowest BCUT2D eigenvalue weighted by Gasteiger charge is -2.37. The highest BCUT2D eigenvalue weighted by molar-refractivity contribution is 5.79. The first-order valence-electron chi connectivity index (χ1n) is 11.7. The fourth-order valence-corrected chi connectivity index (χ4v) is 4.41. The van der Waals surface area contributed by atoms with Crippen LogP contribution in [0.25, 0.3) is 0 Å². The van der Waals surface area contributed by atoms with Gasteiger partial charge in [-0.2, -0.15) is 0 Å². The van der Waals surface area contributed by atoms with Crippen LogP contribution in [-0.2, 0) is 32.1 Å². The predicted octanol–water partition coefficient (Wildman–Crippen LogP) is 4.60. The maximum atomic E-state index is 13.1. The Bertz CT molecular complexity index is 889. The third-order valence-corrected chi connectivity index (χ3v) is 6.02. The molecule has 0 saturated carbocycles. The van der Waals surface area contributed by atoms with Gasteiger partial charge < -0.3 is 14.2 Å². The van der Waals surface area contributed by atoms with Crippen molar-refractivity contribution < 1.29 is 23.8 Å². The molecule has 1 aliphatic heterocycles. The van der Waals surface area contributed by atoms with Crippen LogP contribution in [0, 0.1) is 0 Å². The van der Waals surface area contributed by atoms with Gasteiger partial charge in [-0.25, -0.2) is 9.59 Å². The molecule has 7 heteroatoms. The molecule has 0 unspecified atom stereocenters. The van der Waals surface area contributed by atoms with Crippen molar-refractivity contribution in [1.29, 1.82) is 0 Å². The predicted molar refractivity (Wildman–Crippen MR) is 130 cm³/mol. The van der Waals surface area contributed by atoms with E-state index in [2.05, 4.69) is 29.2 Å². The minimum absolute atomic E-state index is 0.313. The number of nitrogens with zero attached hydrogens (tertiary/aromatic N) is 2. The summed E-state index contributed by atoms with van der Waals surface area (Å²) in [6.45, 7) is 9.81. The molecular weight excluding hydrogens is 432 g/mol. The van der Waals surface area contributed by atoms with Gasteiger partial charge in [0.05, 0.1) is 19.3 Å². The van der Waals surface area contributed by atoms with Crippen molar-refractivity contribution in [3.05, 3.63) is 71.8 Å². The second kappa shape index (κ2) is 11.0. The Balaban J connectivity index is 1.72. The summed E-state index contributed by atoms with van der Waals surface area (Å²) in [6.07, 6.45) is -1.28. The molecule has 2 aromatic carbocycles. The molecule has 0 N–H and O–H groups in total. The Kier molecular flexibility index (Phi) is 8.33. The van der Waals surface area contributed by atoms with Crippen LogP contribution in [0.2, 0.25) is 0 Å². The number of carbonyl (C=O) groups excluding carboxylic acids is 2. The van der Waals surface area contributed by atoms with Crippen LogP contribution in [0.1, 0.15) is 45.2 Å². The van der Waals surface area contributed by atoms with E-state index in [-0.39, 0.29) is 0 Å². The average Bonchev–Trinajstić information content (AvgIpc) is 3.04. The average molecular weight is 469 g/mol. The minimum atomic E-state index is -1.02. The second-order valence-corrected chi connectivity index (χ2v) is 9.75. The number of amides is 1. The van der Waals surface area contributed by atoms with Crippen molar-refractivity contribution in [3.8, 4) is 0 Å². The molecule has 34 heavy (non-hydrogen) atoms. The maximum absolute atomic E-state index is 13.1. The van der Waals surface area contributed by atoms with Gasteiger partial charge in [0.1, 0.15) is 5.72 Å². The second-order valence-electron chi connectivity index (χ2n) is 9.75. The van der Waals surface area contributed by atoms with Crippen LogP contribution in [0.3, 0.4) is 0 Å². The summed E-state index contributed by atoms with van der Waals surface area (Å²) >= 11 is 0. The molecule has 1 amide bonds. The summed E-state index contributed by atoms with van der Waals surface area (Å²) in [6, 6.07) is 20.3. The molecule has 1 fully saturated rings. The van der Waals surface area contributed by atoms with Crippen LogP contribution in [0.5, 0.6) is 0 Å². The van der Waals surface area contributed by atoms with E-state index in [4.69, 9.17) is 14.2 Å². The van der Waals surface area contributed by atoms with Gasteiger partial charge in [-0.3, -0.25) is 9.80 Å². The SMILES string of the molecule is COC(=O)[C@@H](CCN(Cc1ccccc1)Cc1ccccc1)OC(=O)N1C(C)(C)COC1(C)C. The molecule has 184 valence electrons. The van der Waals surface area contributed by atoms with Crippen molar-refractivity contribution in [2.24, 2.45) is 0 Å². The third-order valence-electron chi connectivity index (χ3n) is 6.02. The third kappa shape index (κ3) is 6.58. The summed E-state index contributed by atoms with van der Waals surface area (Å²) in [5.74, 6) is -0.566. The Hall–Kier alpha value is -2.90. The van der Waals surface area contributed by atoms with Crippen molar-refractivity contribution in [3.63, 3.8) is 0 Å². The van der Waals surface area contributed by atoms with E-state index in [0.29, 0.717) is 32.7 Å². The van der Waals surface area contributed by atoms with Crippen LogP contribution in [0.4, 0.5) is 4.79 Å². The molecule has 2 aromatic rings. The maximum Gasteiger partial charge on any atom is 0.413 e. The molecule has 1 atom stereocenters. The zero-order valence-electron chi connectivity index (χ0n) is 20.8. The van der Waals surface area contributed by atoms with E-state index in [1.807, 2.05) is 64.1 Å². The van der Waals surface area contributed by atoms with E-state index in [1.165, 1.54) is 18.2 Å². The van der Waals surface area contributed by atoms with Crippen molar-refractivity contribution >= 4 is 12.1 Å². The topological polar surface area (TPSA) is 68.3 Å². The normalized spacial score (nSPS) is 17.4. The Morgan fingerprint density at radius 1 is 0.971 bits per heavy atom. The van der Waals surface area contributed by atoms with Crippen LogP contribution in [-0.4, -0.2) is 59.5 Å². The Morgan fingerprint density at radius 2 is 1.50 bits per heavy atom. The first kappa shape index (κ1) is 25.7. The van der Waals surface area contributed by atoms with Crippen LogP contribution >= 0.6 is 0 Å². The summed E-state index contributed by atoms with van der Waals surface area (Å²) in [5.41, 5.74) is 0.965. The zero-order valence-corrected chi connectivity index (χ0v) is 20.8. The fourth-order valence-electron chi connectivity index (χ4n) is 4.41. The van der Waals surface area contributed by atoms with Gasteiger partial charge in [-0.15, -0.1) is 0 Å². The molecule has 0 bridgehead atoms. The molecule has 0 spiro atoms. The van der Waals surface area contributed by atoms with Gasteiger partial charge in [0.2, 0.25) is 6.10 Å². The summed E-state index contributed by atoms with van der Waals surface area (Å²) < 4.78 is 16.5. The highest BCUT2D eigenvalue weighted by Gasteiger charge is 2.50. The van der Waals surface area contributed by atoms with Crippen molar-refractivity contribution in [2.45, 2.75) is 64.6 Å². The smallest absolute Gasteiger partial charge is 0.413 e. The molecule has 7 nitrogen and oxygen atoms in total. The molecule has 1 aliphatic rings. The number of methoxy groups -OCH3 is 1. The number of ether oxygens (including phenoxy) is 3. The first-order chi connectivity index (χ1) is 16.1. The van der Waals surface area contributed by atoms with Crippen LogP contribution in [0.15, 0.2) is 60.7 Å². The summed E-state index contributed by atoms with van der Waals surface area (Å²) in [4.78, 5) is 29.5. The van der Waals surface area contributed by atoms with Crippen LogP contribution < -0.4 is 0 Å². The molecule has 0 radical (unpaired) electrons. The lowest BCUT2D eigenvalue weighted by Crippen LogP contribution is -2.54. The van der Waals surface area contributed by atoms with Gasteiger partial charge in [-0.05, 0) is 38.8 Å². The molecule has 0 aliphatic carbocycles. The van der Waals surface area contributed by atoms with Gasteiger partial charge >= 0.3 is 12.1 Å². The van der Waals surface area contributed by atoms with Crippen molar-refractivity contribution in [1.82, 2.24) is 9.80 Å².